The Morgan fingerprint density at radius 1 is 1.62 bits per heavy atom. The molecule has 0 spiro atoms. The molecule has 1 fully saturated rings. The highest BCUT2D eigenvalue weighted by atomic mass is 32.2. The number of hydrogen-bond acceptors (Lipinski definition) is 4. The molecular formula is C6H12N2O4S. The summed E-state index contributed by atoms with van der Waals surface area (Å²) in [6, 6.07) is -0.788. The second-order valence-corrected chi connectivity index (χ2v) is 4.95. The highest BCUT2D eigenvalue weighted by molar-refractivity contribution is 7.88. The van der Waals surface area contributed by atoms with Crippen molar-refractivity contribution in [2.24, 2.45) is 0 Å². The minimum Gasteiger partial charge on any atom is -0.480 e. The van der Waals surface area contributed by atoms with Crippen LogP contribution in [0.5, 0.6) is 0 Å². The second kappa shape index (κ2) is 3.60. The first-order valence-corrected chi connectivity index (χ1v) is 5.67. The monoisotopic (exact) mass is 208 g/mol. The molecule has 1 saturated heterocycles. The molecule has 0 aliphatic carbocycles. The Bertz CT molecular complexity index is 300. The molecule has 1 aliphatic rings. The Kier molecular flexibility index (Phi) is 2.89. The predicted octanol–water partition coefficient (Wildman–Crippen LogP) is -1.70. The molecule has 1 unspecified atom stereocenters. The van der Waals surface area contributed by atoms with Gasteiger partial charge in [0, 0.05) is 19.6 Å². The molecule has 0 bridgehead atoms. The van der Waals surface area contributed by atoms with Gasteiger partial charge in [-0.15, -0.1) is 0 Å². The zero-order chi connectivity index (χ0) is 10.1. The summed E-state index contributed by atoms with van der Waals surface area (Å²) in [5.74, 6) is -1.02. The zero-order valence-corrected chi connectivity index (χ0v) is 8.04. The van der Waals surface area contributed by atoms with Crippen LogP contribution >= 0.6 is 0 Å². The van der Waals surface area contributed by atoms with Crippen LogP contribution in [0.2, 0.25) is 0 Å². The molecule has 0 saturated carbocycles. The smallest absolute Gasteiger partial charge is 0.322 e. The Morgan fingerprint density at radius 3 is 2.69 bits per heavy atom. The van der Waals surface area contributed by atoms with E-state index in [0.717, 1.165) is 6.26 Å². The third-order valence-electron chi connectivity index (χ3n) is 1.91. The molecule has 76 valence electrons. The van der Waals surface area contributed by atoms with Gasteiger partial charge in [-0.05, 0) is 0 Å². The number of carboxylic acid groups (broad SMARTS) is 1. The fraction of sp³-hybridized carbons (Fsp3) is 0.833. The highest BCUT2D eigenvalue weighted by Gasteiger charge is 2.29. The van der Waals surface area contributed by atoms with Gasteiger partial charge in [0.1, 0.15) is 6.04 Å². The van der Waals surface area contributed by atoms with Crippen molar-refractivity contribution in [1.82, 2.24) is 9.62 Å². The van der Waals surface area contributed by atoms with E-state index in [1.165, 1.54) is 4.31 Å². The summed E-state index contributed by atoms with van der Waals surface area (Å²) in [5.41, 5.74) is 0. The normalized spacial score (nSPS) is 25.8. The number of rotatable bonds is 2. The van der Waals surface area contributed by atoms with Crippen LogP contribution in [0.15, 0.2) is 0 Å². The number of piperazine rings is 1. The van der Waals surface area contributed by atoms with Crippen LogP contribution in [-0.2, 0) is 14.8 Å². The molecule has 1 atom stereocenters. The molecule has 13 heavy (non-hydrogen) atoms. The standard InChI is InChI=1S/C6H12N2O4S/c1-13(11,12)8-3-2-7-5(4-8)6(9)10/h5,7H,2-4H2,1H3,(H,9,10). The first-order chi connectivity index (χ1) is 5.91. The van der Waals surface area contributed by atoms with Gasteiger partial charge < -0.3 is 10.4 Å². The molecule has 0 aromatic heterocycles. The van der Waals surface area contributed by atoms with Gasteiger partial charge in [-0.1, -0.05) is 0 Å². The van der Waals surface area contributed by atoms with Crippen molar-refractivity contribution in [1.29, 1.82) is 0 Å². The van der Waals surface area contributed by atoms with Crippen LogP contribution in [-0.4, -0.2) is 55.7 Å². The summed E-state index contributed by atoms with van der Waals surface area (Å²) in [4.78, 5) is 10.5. The van der Waals surface area contributed by atoms with Gasteiger partial charge >= 0.3 is 5.97 Å². The van der Waals surface area contributed by atoms with E-state index in [4.69, 9.17) is 5.11 Å². The van der Waals surface area contributed by atoms with Crippen LogP contribution in [0.25, 0.3) is 0 Å². The summed E-state index contributed by atoms with van der Waals surface area (Å²) in [7, 11) is -3.26. The topological polar surface area (TPSA) is 86.7 Å². The number of aliphatic carboxylic acids is 1. The Hall–Kier alpha value is -0.660. The van der Waals surface area contributed by atoms with E-state index in [1.807, 2.05) is 0 Å². The van der Waals surface area contributed by atoms with E-state index in [1.54, 1.807) is 0 Å². The SMILES string of the molecule is CS(=O)(=O)N1CCNC(C(=O)O)C1. The first kappa shape index (κ1) is 10.4. The molecule has 2 N–H and O–H groups in total. The van der Waals surface area contributed by atoms with Crippen molar-refractivity contribution in [3.8, 4) is 0 Å². The van der Waals surface area contributed by atoms with Crippen LogP contribution in [0, 0.1) is 0 Å². The average Bonchev–Trinajstić information content (AvgIpc) is 2.03. The molecule has 0 aromatic carbocycles. The van der Waals surface area contributed by atoms with Crippen molar-refractivity contribution in [3.05, 3.63) is 0 Å². The lowest BCUT2D eigenvalue weighted by atomic mass is 10.2. The molecule has 0 aromatic rings. The van der Waals surface area contributed by atoms with Gasteiger partial charge in [0.25, 0.3) is 0 Å². The predicted molar refractivity (Wildman–Crippen MR) is 45.8 cm³/mol. The lowest BCUT2D eigenvalue weighted by molar-refractivity contribution is -0.140. The van der Waals surface area contributed by atoms with Gasteiger partial charge in [0.15, 0.2) is 0 Å². The Morgan fingerprint density at radius 2 is 2.23 bits per heavy atom. The molecule has 6 nitrogen and oxygen atoms in total. The summed E-state index contributed by atoms with van der Waals surface area (Å²) in [6.07, 6.45) is 1.08. The van der Waals surface area contributed by atoms with Crippen LogP contribution in [0.1, 0.15) is 0 Å². The number of sulfonamides is 1. The maximum atomic E-state index is 11.1. The van der Waals surface area contributed by atoms with Gasteiger partial charge in [-0.2, -0.15) is 4.31 Å². The minimum atomic E-state index is -3.26. The maximum absolute atomic E-state index is 11.1. The van der Waals surface area contributed by atoms with Crippen molar-refractivity contribution in [2.75, 3.05) is 25.9 Å². The van der Waals surface area contributed by atoms with Crippen LogP contribution in [0.4, 0.5) is 0 Å². The minimum absolute atomic E-state index is 0.00810. The number of carboxylic acids is 1. The highest BCUT2D eigenvalue weighted by Crippen LogP contribution is 2.03. The third-order valence-corrected chi connectivity index (χ3v) is 3.17. The van der Waals surface area contributed by atoms with Gasteiger partial charge in [0.05, 0.1) is 6.26 Å². The van der Waals surface area contributed by atoms with E-state index in [0.29, 0.717) is 13.1 Å². The van der Waals surface area contributed by atoms with Gasteiger partial charge in [-0.3, -0.25) is 4.79 Å². The molecule has 0 amide bonds. The summed E-state index contributed by atoms with van der Waals surface area (Å²) in [5, 5.41) is 11.4. The second-order valence-electron chi connectivity index (χ2n) is 2.97. The van der Waals surface area contributed by atoms with Crippen LogP contribution in [0.3, 0.4) is 0 Å². The average molecular weight is 208 g/mol. The number of nitrogens with zero attached hydrogens (tertiary/aromatic N) is 1. The molecule has 1 rings (SSSR count). The Labute approximate surface area is 76.6 Å². The zero-order valence-electron chi connectivity index (χ0n) is 7.23. The summed E-state index contributed by atoms with van der Waals surface area (Å²) < 4.78 is 23.3. The van der Waals surface area contributed by atoms with E-state index < -0.39 is 22.0 Å². The Balaban J connectivity index is 2.67. The summed E-state index contributed by atoms with van der Waals surface area (Å²) in [6.45, 7) is 0.723. The quantitative estimate of drug-likeness (QED) is 0.565. The van der Waals surface area contributed by atoms with E-state index in [9.17, 15) is 13.2 Å². The van der Waals surface area contributed by atoms with Crippen molar-refractivity contribution >= 4 is 16.0 Å². The van der Waals surface area contributed by atoms with Gasteiger partial charge in [-0.25, -0.2) is 8.42 Å². The fourth-order valence-corrected chi connectivity index (χ4v) is 2.03. The first-order valence-electron chi connectivity index (χ1n) is 3.82. The third kappa shape index (κ3) is 2.64. The molecule has 0 radical (unpaired) electrons. The number of carbonyl (C=O) groups is 1. The summed E-state index contributed by atoms with van der Waals surface area (Å²) >= 11 is 0. The lowest BCUT2D eigenvalue weighted by Crippen LogP contribution is -2.55. The molecule has 7 heteroatoms. The van der Waals surface area contributed by atoms with Gasteiger partial charge in [0.2, 0.25) is 10.0 Å². The molecule has 1 aliphatic heterocycles. The fourth-order valence-electron chi connectivity index (χ4n) is 1.19. The number of nitrogens with one attached hydrogen (secondary N) is 1. The van der Waals surface area contributed by atoms with Crippen molar-refractivity contribution in [3.63, 3.8) is 0 Å². The molecular weight excluding hydrogens is 196 g/mol. The number of hydrogen-bond donors (Lipinski definition) is 2. The largest absolute Gasteiger partial charge is 0.480 e. The maximum Gasteiger partial charge on any atom is 0.322 e. The van der Waals surface area contributed by atoms with Crippen molar-refractivity contribution < 1.29 is 18.3 Å². The van der Waals surface area contributed by atoms with E-state index >= 15 is 0 Å². The molecule has 1 heterocycles. The van der Waals surface area contributed by atoms with E-state index in [-0.39, 0.29) is 6.54 Å². The van der Waals surface area contributed by atoms with E-state index in [2.05, 4.69) is 5.32 Å². The lowest BCUT2D eigenvalue weighted by Gasteiger charge is -2.29. The van der Waals surface area contributed by atoms with Crippen molar-refractivity contribution in [2.45, 2.75) is 6.04 Å². The van der Waals surface area contributed by atoms with Crippen LogP contribution < -0.4 is 5.32 Å².